The fourth-order valence-electron chi connectivity index (χ4n) is 1.51. The maximum atomic E-state index is 5.49. The average molecular weight is 310 g/mol. The summed E-state index contributed by atoms with van der Waals surface area (Å²) in [5.74, 6) is 1.55. The average Bonchev–Trinajstić information content (AvgIpc) is 2.82. The smallest absolute Gasteiger partial charge is 0.174 e. The van der Waals surface area contributed by atoms with Gasteiger partial charge in [0.2, 0.25) is 0 Å². The van der Waals surface area contributed by atoms with Crippen molar-refractivity contribution in [1.29, 1.82) is 0 Å². The molecule has 74 valence electrons. The van der Waals surface area contributed by atoms with Gasteiger partial charge in [-0.05, 0) is 46.9 Å². The molecular formula is C11H7IN2O. The van der Waals surface area contributed by atoms with Gasteiger partial charge in [0.15, 0.2) is 15.4 Å². The lowest BCUT2D eigenvalue weighted by Gasteiger charge is -1.87. The molecule has 0 aliphatic heterocycles. The summed E-state index contributed by atoms with van der Waals surface area (Å²) < 4.78 is 6.36. The number of hydrogen-bond acceptors (Lipinski definition) is 2. The van der Waals surface area contributed by atoms with E-state index < -0.39 is 0 Å². The number of H-pyrrole nitrogens is 1. The third-order valence-corrected chi connectivity index (χ3v) is 2.78. The van der Waals surface area contributed by atoms with Gasteiger partial charge in [-0.2, -0.15) is 0 Å². The Hall–Kier alpha value is -1.30. The highest BCUT2D eigenvalue weighted by Gasteiger charge is 2.07. The summed E-state index contributed by atoms with van der Waals surface area (Å²) in [6, 6.07) is 11.8. The highest BCUT2D eigenvalue weighted by atomic mass is 127. The number of imidazole rings is 1. The number of hydrogen-bond donors (Lipinski definition) is 1. The number of para-hydroxylation sites is 2. The Morgan fingerprint density at radius 1 is 1.13 bits per heavy atom. The van der Waals surface area contributed by atoms with Gasteiger partial charge in [0.1, 0.15) is 0 Å². The Balaban J connectivity index is 2.19. The van der Waals surface area contributed by atoms with Crippen molar-refractivity contribution in [3.8, 4) is 11.6 Å². The van der Waals surface area contributed by atoms with Crippen molar-refractivity contribution in [2.75, 3.05) is 0 Å². The molecule has 0 radical (unpaired) electrons. The fraction of sp³-hybridized carbons (Fsp3) is 0. The third-order valence-electron chi connectivity index (χ3n) is 2.20. The summed E-state index contributed by atoms with van der Waals surface area (Å²) in [5.41, 5.74) is 1.98. The van der Waals surface area contributed by atoms with Crippen molar-refractivity contribution in [3.05, 3.63) is 40.2 Å². The maximum absolute atomic E-state index is 5.49. The molecule has 2 aromatic heterocycles. The fourth-order valence-corrected chi connectivity index (χ4v) is 1.93. The molecule has 0 fully saturated rings. The number of fused-ring (bicyclic) bond motifs is 1. The SMILES string of the molecule is Ic1ccc(-c2nc3ccccc3[nH]2)o1. The predicted octanol–water partition coefficient (Wildman–Crippen LogP) is 3.43. The molecule has 0 aliphatic carbocycles. The highest BCUT2D eigenvalue weighted by Crippen LogP contribution is 2.22. The van der Waals surface area contributed by atoms with Crippen LogP contribution in [0.2, 0.25) is 0 Å². The minimum atomic E-state index is 0.774. The van der Waals surface area contributed by atoms with Crippen LogP contribution in [0.5, 0.6) is 0 Å². The topological polar surface area (TPSA) is 41.8 Å². The monoisotopic (exact) mass is 310 g/mol. The molecule has 4 heteroatoms. The first-order chi connectivity index (χ1) is 7.33. The summed E-state index contributed by atoms with van der Waals surface area (Å²) in [6.07, 6.45) is 0. The molecule has 0 spiro atoms. The highest BCUT2D eigenvalue weighted by molar-refractivity contribution is 14.1. The summed E-state index contributed by atoms with van der Waals surface area (Å²) in [6.45, 7) is 0. The zero-order chi connectivity index (χ0) is 10.3. The van der Waals surface area contributed by atoms with E-state index in [1.54, 1.807) is 0 Å². The second-order valence-electron chi connectivity index (χ2n) is 3.21. The second-order valence-corrected chi connectivity index (χ2v) is 4.27. The summed E-state index contributed by atoms with van der Waals surface area (Å²) in [7, 11) is 0. The summed E-state index contributed by atoms with van der Waals surface area (Å²) in [5, 5.41) is 0. The Labute approximate surface area is 99.7 Å². The third kappa shape index (κ3) is 1.54. The lowest BCUT2D eigenvalue weighted by Crippen LogP contribution is -1.74. The van der Waals surface area contributed by atoms with Crippen LogP contribution in [0.3, 0.4) is 0 Å². The predicted molar refractivity (Wildman–Crippen MR) is 66.5 cm³/mol. The summed E-state index contributed by atoms with van der Waals surface area (Å²) >= 11 is 2.14. The van der Waals surface area contributed by atoms with Crippen molar-refractivity contribution >= 4 is 33.6 Å². The number of nitrogens with one attached hydrogen (secondary N) is 1. The Kier molecular flexibility index (Phi) is 2.02. The van der Waals surface area contributed by atoms with Gasteiger partial charge in [-0.3, -0.25) is 0 Å². The van der Waals surface area contributed by atoms with Crippen molar-refractivity contribution in [2.45, 2.75) is 0 Å². The Morgan fingerprint density at radius 2 is 2.00 bits per heavy atom. The van der Waals surface area contributed by atoms with Crippen LogP contribution >= 0.6 is 22.6 Å². The zero-order valence-corrected chi connectivity index (χ0v) is 9.86. The first kappa shape index (κ1) is 8.96. The van der Waals surface area contributed by atoms with E-state index in [1.165, 1.54) is 0 Å². The quantitative estimate of drug-likeness (QED) is 0.700. The van der Waals surface area contributed by atoms with Crippen molar-refractivity contribution in [1.82, 2.24) is 9.97 Å². The number of nitrogens with zero attached hydrogens (tertiary/aromatic N) is 1. The van der Waals surface area contributed by atoms with Gasteiger partial charge in [0.25, 0.3) is 0 Å². The largest absolute Gasteiger partial charge is 0.447 e. The van der Waals surface area contributed by atoms with Crippen molar-refractivity contribution in [3.63, 3.8) is 0 Å². The molecule has 0 unspecified atom stereocenters. The van der Waals surface area contributed by atoms with E-state index in [0.717, 1.165) is 26.4 Å². The zero-order valence-electron chi connectivity index (χ0n) is 7.70. The minimum absolute atomic E-state index is 0.774. The van der Waals surface area contributed by atoms with Crippen LogP contribution in [0.1, 0.15) is 0 Å². The second kappa shape index (κ2) is 3.37. The van der Waals surface area contributed by atoms with Crippen LogP contribution in [0.25, 0.3) is 22.6 Å². The Morgan fingerprint density at radius 3 is 2.73 bits per heavy atom. The van der Waals surface area contributed by atoms with Crippen LogP contribution in [0, 0.1) is 3.77 Å². The number of aromatic nitrogens is 2. The molecule has 1 aromatic carbocycles. The number of aromatic amines is 1. The van der Waals surface area contributed by atoms with Crippen molar-refractivity contribution < 1.29 is 4.42 Å². The van der Waals surface area contributed by atoms with E-state index in [-0.39, 0.29) is 0 Å². The van der Waals surface area contributed by atoms with Crippen LogP contribution < -0.4 is 0 Å². The van der Waals surface area contributed by atoms with Crippen LogP contribution in [0.4, 0.5) is 0 Å². The summed E-state index contributed by atoms with van der Waals surface area (Å²) in [4.78, 5) is 7.66. The van der Waals surface area contributed by atoms with Gasteiger partial charge in [-0.25, -0.2) is 4.98 Å². The van der Waals surface area contributed by atoms with Gasteiger partial charge >= 0.3 is 0 Å². The normalized spacial score (nSPS) is 11.0. The minimum Gasteiger partial charge on any atom is -0.447 e. The van der Waals surface area contributed by atoms with Crippen molar-refractivity contribution in [2.24, 2.45) is 0 Å². The first-order valence-corrected chi connectivity index (χ1v) is 5.61. The van der Waals surface area contributed by atoms with Gasteiger partial charge < -0.3 is 9.40 Å². The van der Waals surface area contributed by atoms with E-state index in [9.17, 15) is 0 Å². The molecule has 0 aliphatic rings. The number of benzene rings is 1. The van der Waals surface area contributed by atoms with Crippen LogP contribution in [0.15, 0.2) is 40.8 Å². The molecule has 3 nitrogen and oxygen atoms in total. The maximum Gasteiger partial charge on any atom is 0.174 e. The molecule has 0 saturated heterocycles. The van der Waals surface area contributed by atoms with E-state index in [0.29, 0.717) is 0 Å². The number of furan rings is 1. The van der Waals surface area contributed by atoms with Gasteiger partial charge in [0.05, 0.1) is 11.0 Å². The molecular weight excluding hydrogens is 303 g/mol. The van der Waals surface area contributed by atoms with Gasteiger partial charge in [0, 0.05) is 0 Å². The molecule has 1 N–H and O–H groups in total. The Bertz CT molecular complexity index is 579. The van der Waals surface area contributed by atoms with E-state index in [2.05, 4.69) is 32.6 Å². The van der Waals surface area contributed by atoms with Gasteiger partial charge in [-0.15, -0.1) is 0 Å². The van der Waals surface area contributed by atoms with E-state index in [4.69, 9.17) is 4.42 Å². The first-order valence-electron chi connectivity index (χ1n) is 4.53. The molecule has 15 heavy (non-hydrogen) atoms. The molecule has 3 aromatic rings. The van der Waals surface area contributed by atoms with Gasteiger partial charge in [-0.1, -0.05) is 12.1 Å². The molecule has 0 saturated carbocycles. The van der Waals surface area contributed by atoms with E-state index >= 15 is 0 Å². The van der Waals surface area contributed by atoms with Crippen LogP contribution in [-0.2, 0) is 0 Å². The molecule has 0 atom stereocenters. The standard InChI is InChI=1S/C11H7IN2O/c12-10-6-5-9(15-10)11-13-7-3-1-2-4-8(7)14-11/h1-6H,(H,13,14). The van der Waals surface area contributed by atoms with E-state index in [1.807, 2.05) is 36.4 Å². The number of rotatable bonds is 1. The van der Waals surface area contributed by atoms with Crippen LogP contribution in [-0.4, -0.2) is 9.97 Å². The molecule has 3 rings (SSSR count). The number of halogens is 1. The lowest BCUT2D eigenvalue weighted by molar-refractivity contribution is 0.549. The molecule has 2 heterocycles. The molecule has 0 bridgehead atoms. The lowest BCUT2D eigenvalue weighted by atomic mass is 10.3. The molecule has 0 amide bonds.